The number of morpholine rings is 1. The van der Waals surface area contributed by atoms with Crippen molar-refractivity contribution in [2.24, 2.45) is 5.41 Å². The zero-order valence-electron chi connectivity index (χ0n) is 15.6. The Bertz CT molecular complexity index is 750. The summed E-state index contributed by atoms with van der Waals surface area (Å²) < 4.78 is 74.0. The van der Waals surface area contributed by atoms with Crippen LogP contribution in [0.4, 0.5) is 13.2 Å². The zero-order chi connectivity index (χ0) is 19.8. The molecule has 0 spiro atoms. The van der Waals surface area contributed by atoms with Crippen molar-refractivity contribution >= 4 is 10.0 Å². The zero-order valence-corrected chi connectivity index (χ0v) is 16.4. The van der Waals surface area contributed by atoms with Crippen LogP contribution in [-0.4, -0.2) is 44.1 Å². The highest BCUT2D eigenvalue weighted by molar-refractivity contribution is 7.89. The molecule has 0 amide bonds. The van der Waals surface area contributed by atoms with Crippen molar-refractivity contribution in [3.63, 3.8) is 0 Å². The number of rotatable bonds is 6. The number of hydrogen-bond acceptors (Lipinski definition) is 3. The van der Waals surface area contributed by atoms with Gasteiger partial charge in [0, 0.05) is 24.9 Å². The summed E-state index contributed by atoms with van der Waals surface area (Å²) >= 11 is 0. The maximum atomic E-state index is 14.1. The summed E-state index contributed by atoms with van der Waals surface area (Å²) in [7, 11) is -3.89. The van der Waals surface area contributed by atoms with Gasteiger partial charge >= 0.3 is 0 Å². The third-order valence-electron chi connectivity index (χ3n) is 4.95. The number of halogens is 3. The topological polar surface area (TPSA) is 46.6 Å². The lowest BCUT2D eigenvalue weighted by atomic mass is 9.86. The smallest absolute Gasteiger partial charge is 0.253 e. The first kappa shape index (κ1) is 21.2. The molecule has 26 heavy (non-hydrogen) atoms. The van der Waals surface area contributed by atoms with Gasteiger partial charge in [0.1, 0.15) is 5.82 Å². The molecule has 148 valence electrons. The fraction of sp³-hybridized carbons (Fsp3) is 0.667. The SMILES string of the molecule is CCC(F)(F)C(C)(C)CS(=O)(=O)N1CCOC(c2ccc(F)c(C)c2)C1. The molecule has 1 unspecified atom stereocenters. The minimum Gasteiger partial charge on any atom is -0.371 e. The van der Waals surface area contributed by atoms with E-state index in [9.17, 15) is 21.6 Å². The van der Waals surface area contributed by atoms with Crippen LogP contribution in [0.15, 0.2) is 18.2 Å². The summed E-state index contributed by atoms with van der Waals surface area (Å²) in [5.41, 5.74) is -0.572. The highest BCUT2D eigenvalue weighted by atomic mass is 32.2. The van der Waals surface area contributed by atoms with Crippen molar-refractivity contribution < 1.29 is 26.3 Å². The van der Waals surface area contributed by atoms with E-state index >= 15 is 0 Å². The largest absolute Gasteiger partial charge is 0.371 e. The average molecular weight is 393 g/mol. The lowest BCUT2D eigenvalue weighted by Crippen LogP contribution is -2.49. The van der Waals surface area contributed by atoms with Crippen molar-refractivity contribution in [2.45, 2.75) is 46.1 Å². The molecule has 2 rings (SSSR count). The summed E-state index contributed by atoms with van der Waals surface area (Å²) in [6.45, 7) is 5.81. The van der Waals surface area contributed by atoms with Crippen LogP contribution in [-0.2, 0) is 14.8 Å². The Balaban J connectivity index is 2.18. The number of nitrogens with zero attached hydrogens (tertiary/aromatic N) is 1. The molecule has 0 aliphatic carbocycles. The summed E-state index contributed by atoms with van der Waals surface area (Å²) in [4.78, 5) is 0. The molecule has 1 aromatic rings. The number of aryl methyl sites for hydroxylation is 1. The van der Waals surface area contributed by atoms with E-state index in [1.165, 1.54) is 31.1 Å². The van der Waals surface area contributed by atoms with Crippen molar-refractivity contribution in [1.29, 1.82) is 0 Å². The molecular formula is C18H26F3NO3S. The molecular weight excluding hydrogens is 367 g/mol. The minimum absolute atomic E-state index is 0.0290. The van der Waals surface area contributed by atoms with Crippen LogP contribution >= 0.6 is 0 Å². The predicted octanol–water partition coefficient (Wildman–Crippen LogP) is 3.91. The van der Waals surface area contributed by atoms with Crippen molar-refractivity contribution in [3.8, 4) is 0 Å². The standard InChI is InChI=1S/C18H26F3NO3S/c1-5-18(20,21)17(3,4)12-26(23,24)22-8-9-25-16(11-22)14-6-7-15(19)13(2)10-14/h6-7,10,16H,5,8-9,11-12H2,1-4H3. The van der Waals surface area contributed by atoms with E-state index in [4.69, 9.17) is 4.74 Å². The summed E-state index contributed by atoms with van der Waals surface area (Å²) in [6.07, 6.45) is -0.969. The Morgan fingerprint density at radius 3 is 2.54 bits per heavy atom. The third-order valence-corrected chi connectivity index (χ3v) is 7.16. The Morgan fingerprint density at radius 2 is 1.96 bits per heavy atom. The van der Waals surface area contributed by atoms with Crippen molar-refractivity contribution in [3.05, 3.63) is 35.1 Å². The van der Waals surface area contributed by atoms with Crippen LogP contribution < -0.4 is 0 Å². The maximum Gasteiger partial charge on any atom is 0.253 e. The second kappa shape index (κ2) is 7.48. The highest BCUT2D eigenvalue weighted by Gasteiger charge is 2.48. The number of hydrogen-bond donors (Lipinski definition) is 0. The van der Waals surface area contributed by atoms with Gasteiger partial charge in [-0.05, 0) is 24.1 Å². The molecule has 1 heterocycles. The van der Waals surface area contributed by atoms with Gasteiger partial charge < -0.3 is 4.74 Å². The first-order valence-corrected chi connectivity index (χ1v) is 10.2. The lowest BCUT2D eigenvalue weighted by molar-refractivity contribution is -0.0975. The van der Waals surface area contributed by atoms with Gasteiger partial charge in [0.05, 0.1) is 18.5 Å². The molecule has 4 nitrogen and oxygen atoms in total. The second-order valence-electron chi connectivity index (χ2n) is 7.42. The molecule has 1 aliphatic rings. The lowest BCUT2D eigenvalue weighted by Gasteiger charge is -2.37. The Labute approximate surface area is 153 Å². The molecule has 0 radical (unpaired) electrons. The normalized spacial score (nSPS) is 20.3. The van der Waals surface area contributed by atoms with Gasteiger partial charge in [0.2, 0.25) is 10.0 Å². The molecule has 1 saturated heterocycles. The molecule has 0 bridgehead atoms. The average Bonchev–Trinajstić information content (AvgIpc) is 2.56. The van der Waals surface area contributed by atoms with E-state index in [1.54, 1.807) is 19.1 Å². The summed E-state index contributed by atoms with van der Waals surface area (Å²) in [6, 6.07) is 4.48. The third kappa shape index (κ3) is 4.40. The Morgan fingerprint density at radius 1 is 1.31 bits per heavy atom. The van der Waals surface area contributed by atoms with Gasteiger partial charge in [-0.1, -0.05) is 32.9 Å². The van der Waals surface area contributed by atoms with Gasteiger partial charge in [-0.2, -0.15) is 4.31 Å². The van der Waals surface area contributed by atoms with Gasteiger partial charge in [-0.25, -0.2) is 21.6 Å². The Kier molecular flexibility index (Phi) is 6.09. The van der Waals surface area contributed by atoms with E-state index in [0.717, 1.165) is 0 Å². The number of alkyl halides is 2. The molecule has 0 aromatic heterocycles. The molecule has 1 fully saturated rings. The molecule has 8 heteroatoms. The molecule has 0 N–H and O–H groups in total. The quantitative estimate of drug-likeness (QED) is 0.736. The second-order valence-corrected chi connectivity index (χ2v) is 9.39. The van der Waals surface area contributed by atoms with Crippen LogP contribution in [0.1, 0.15) is 44.4 Å². The van der Waals surface area contributed by atoms with E-state index in [1.807, 2.05) is 0 Å². The van der Waals surface area contributed by atoms with Crippen LogP contribution in [0.2, 0.25) is 0 Å². The maximum absolute atomic E-state index is 14.1. The molecule has 0 saturated carbocycles. The molecule has 1 atom stereocenters. The highest BCUT2D eigenvalue weighted by Crippen LogP contribution is 2.40. The monoisotopic (exact) mass is 393 g/mol. The van der Waals surface area contributed by atoms with Gasteiger partial charge in [-0.15, -0.1) is 0 Å². The first-order valence-electron chi connectivity index (χ1n) is 8.63. The van der Waals surface area contributed by atoms with Crippen LogP contribution in [0.3, 0.4) is 0 Å². The van der Waals surface area contributed by atoms with Crippen LogP contribution in [0, 0.1) is 18.2 Å². The van der Waals surface area contributed by atoms with E-state index < -0.39 is 39.6 Å². The van der Waals surface area contributed by atoms with Gasteiger partial charge in [0.25, 0.3) is 5.92 Å². The van der Waals surface area contributed by atoms with Crippen LogP contribution in [0.5, 0.6) is 0 Å². The molecule has 1 aromatic carbocycles. The fourth-order valence-corrected chi connectivity index (χ4v) is 5.10. The Hall–Kier alpha value is -1.12. The number of sulfonamides is 1. The molecule has 1 aliphatic heterocycles. The van der Waals surface area contributed by atoms with Gasteiger partial charge in [-0.3, -0.25) is 0 Å². The van der Waals surface area contributed by atoms with Crippen molar-refractivity contribution in [1.82, 2.24) is 4.31 Å². The number of ether oxygens (including phenoxy) is 1. The van der Waals surface area contributed by atoms with Gasteiger partial charge in [0.15, 0.2) is 0 Å². The minimum atomic E-state index is -3.89. The summed E-state index contributed by atoms with van der Waals surface area (Å²) in [5.74, 6) is -4.08. The fourth-order valence-electron chi connectivity index (χ4n) is 3.08. The van der Waals surface area contributed by atoms with Crippen LogP contribution in [0.25, 0.3) is 0 Å². The predicted molar refractivity (Wildman–Crippen MR) is 94.2 cm³/mol. The van der Waals surface area contributed by atoms with E-state index in [2.05, 4.69) is 0 Å². The van der Waals surface area contributed by atoms with Crippen molar-refractivity contribution in [2.75, 3.05) is 25.4 Å². The van der Waals surface area contributed by atoms with E-state index in [-0.39, 0.29) is 25.5 Å². The van der Waals surface area contributed by atoms with E-state index in [0.29, 0.717) is 11.1 Å². The summed E-state index contributed by atoms with van der Waals surface area (Å²) in [5, 5.41) is 0. The number of benzene rings is 1. The first-order chi connectivity index (χ1) is 11.9.